The fraction of sp³-hybridized carbons (Fsp3) is 0.435. The van der Waals surface area contributed by atoms with Crippen LogP contribution in [-0.4, -0.2) is 33.4 Å². The van der Waals surface area contributed by atoms with Crippen molar-refractivity contribution >= 4 is 11.8 Å². The van der Waals surface area contributed by atoms with Crippen molar-refractivity contribution in [2.24, 2.45) is 0 Å². The maximum atomic E-state index is 13.9. The molecule has 8 heteroatoms. The smallest absolute Gasteiger partial charge is 0.271 e. The molecule has 1 aromatic carbocycles. The maximum Gasteiger partial charge on any atom is 0.271 e. The molecular weight excluding hydrogens is 404 g/mol. The first-order valence-corrected chi connectivity index (χ1v) is 10.6. The van der Waals surface area contributed by atoms with Gasteiger partial charge in [-0.05, 0) is 38.7 Å². The highest BCUT2D eigenvalue weighted by molar-refractivity contribution is 5.98. The van der Waals surface area contributed by atoms with Crippen molar-refractivity contribution in [3.8, 4) is 0 Å². The van der Waals surface area contributed by atoms with Gasteiger partial charge in [-0.2, -0.15) is 0 Å². The van der Waals surface area contributed by atoms with E-state index in [1.807, 2.05) is 11.8 Å². The highest BCUT2D eigenvalue weighted by Crippen LogP contribution is 2.30. The number of nitrogens with one attached hydrogen (secondary N) is 1. The standard InChI is InChI=1S/C23H25F2N3O3/c1-3-17-20-23(31)28-13(2)5-4-6-16(28)11-27(20)12-18(21(17)29)22(30)26-10-14-7-8-15(24)9-19(14)25/h7-9,12-13,16H,3-6,10-11H2,1-2H3,(H,26,30). The van der Waals surface area contributed by atoms with Crippen molar-refractivity contribution < 1.29 is 18.4 Å². The molecule has 0 spiro atoms. The Kier molecular flexibility index (Phi) is 5.64. The third kappa shape index (κ3) is 3.75. The van der Waals surface area contributed by atoms with Gasteiger partial charge in [-0.1, -0.05) is 13.0 Å². The van der Waals surface area contributed by atoms with Gasteiger partial charge >= 0.3 is 0 Å². The first kappa shape index (κ1) is 21.2. The van der Waals surface area contributed by atoms with Crippen LogP contribution in [0.1, 0.15) is 65.1 Å². The molecule has 0 radical (unpaired) electrons. The lowest BCUT2D eigenvalue weighted by Crippen LogP contribution is -2.55. The Bertz CT molecular complexity index is 1110. The van der Waals surface area contributed by atoms with Crippen molar-refractivity contribution in [1.82, 2.24) is 14.8 Å². The van der Waals surface area contributed by atoms with E-state index in [0.29, 0.717) is 24.2 Å². The lowest BCUT2D eigenvalue weighted by Gasteiger charge is -2.45. The van der Waals surface area contributed by atoms with E-state index in [4.69, 9.17) is 0 Å². The van der Waals surface area contributed by atoms with Crippen LogP contribution in [0.4, 0.5) is 8.78 Å². The summed E-state index contributed by atoms with van der Waals surface area (Å²) < 4.78 is 28.7. The number of fused-ring (bicyclic) bond motifs is 2. The number of hydrogen-bond donors (Lipinski definition) is 1. The van der Waals surface area contributed by atoms with E-state index in [-0.39, 0.29) is 35.7 Å². The zero-order valence-corrected chi connectivity index (χ0v) is 17.6. The summed E-state index contributed by atoms with van der Waals surface area (Å²) in [5, 5.41) is 2.54. The zero-order valence-electron chi connectivity index (χ0n) is 17.6. The summed E-state index contributed by atoms with van der Waals surface area (Å²) in [6, 6.07) is 3.26. The van der Waals surface area contributed by atoms with E-state index >= 15 is 0 Å². The molecule has 1 fully saturated rings. The molecule has 164 valence electrons. The van der Waals surface area contributed by atoms with Crippen molar-refractivity contribution in [2.75, 3.05) is 0 Å². The predicted octanol–water partition coefficient (Wildman–Crippen LogP) is 3.02. The van der Waals surface area contributed by atoms with Gasteiger partial charge < -0.3 is 14.8 Å². The van der Waals surface area contributed by atoms with Gasteiger partial charge in [0.15, 0.2) is 5.43 Å². The van der Waals surface area contributed by atoms with Gasteiger partial charge in [0, 0.05) is 42.5 Å². The molecule has 2 aliphatic rings. The largest absolute Gasteiger partial charge is 0.348 e. The average molecular weight is 429 g/mol. The molecule has 2 atom stereocenters. The molecule has 1 N–H and O–H groups in total. The van der Waals surface area contributed by atoms with Gasteiger partial charge in [-0.15, -0.1) is 0 Å². The van der Waals surface area contributed by atoms with Crippen molar-refractivity contribution in [3.63, 3.8) is 0 Å². The van der Waals surface area contributed by atoms with Gasteiger partial charge in [0.1, 0.15) is 22.9 Å². The maximum absolute atomic E-state index is 13.9. The highest BCUT2D eigenvalue weighted by Gasteiger charge is 2.39. The summed E-state index contributed by atoms with van der Waals surface area (Å²) in [7, 11) is 0. The second kappa shape index (κ2) is 8.24. The zero-order chi connectivity index (χ0) is 22.3. The summed E-state index contributed by atoms with van der Waals surface area (Å²) in [5.74, 6) is -2.28. The number of amides is 2. The first-order chi connectivity index (χ1) is 14.8. The minimum absolute atomic E-state index is 0.0418. The fourth-order valence-corrected chi connectivity index (χ4v) is 4.73. The Morgan fingerprint density at radius 1 is 1.23 bits per heavy atom. The molecule has 0 saturated carbocycles. The quantitative estimate of drug-likeness (QED) is 0.812. The number of pyridine rings is 1. The lowest BCUT2D eigenvalue weighted by atomic mass is 9.92. The average Bonchev–Trinajstić information content (AvgIpc) is 2.73. The van der Waals surface area contributed by atoms with Crippen LogP contribution in [0.5, 0.6) is 0 Å². The van der Waals surface area contributed by atoms with Gasteiger partial charge in [0.05, 0.1) is 6.04 Å². The Morgan fingerprint density at radius 3 is 2.71 bits per heavy atom. The number of piperidine rings is 1. The Morgan fingerprint density at radius 2 is 2.00 bits per heavy atom. The van der Waals surface area contributed by atoms with Gasteiger partial charge in [-0.25, -0.2) is 8.78 Å². The molecule has 0 aliphatic carbocycles. The van der Waals surface area contributed by atoms with Crippen LogP contribution < -0.4 is 10.7 Å². The summed E-state index contributed by atoms with van der Waals surface area (Å²) in [5.41, 5.74) is 0.238. The Hall–Kier alpha value is -3.03. The van der Waals surface area contributed by atoms with Crippen LogP contribution in [0.25, 0.3) is 0 Å². The highest BCUT2D eigenvalue weighted by atomic mass is 19.1. The Balaban J connectivity index is 1.66. The number of benzene rings is 1. The second-order valence-electron chi connectivity index (χ2n) is 8.27. The van der Waals surface area contributed by atoms with Crippen LogP contribution in [-0.2, 0) is 19.5 Å². The molecule has 1 aromatic heterocycles. The van der Waals surface area contributed by atoms with E-state index < -0.39 is 23.0 Å². The van der Waals surface area contributed by atoms with Crippen LogP contribution in [0.15, 0.2) is 29.2 Å². The monoisotopic (exact) mass is 429 g/mol. The molecule has 0 bridgehead atoms. The van der Waals surface area contributed by atoms with Crippen molar-refractivity contribution in [2.45, 2.75) is 64.7 Å². The minimum Gasteiger partial charge on any atom is -0.348 e. The lowest BCUT2D eigenvalue weighted by molar-refractivity contribution is 0.0359. The minimum atomic E-state index is -0.770. The van der Waals surface area contributed by atoms with E-state index in [0.717, 1.165) is 31.4 Å². The van der Waals surface area contributed by atoms with Crippen LogP contribution in [0.3, 0.4) is 0 Å². The van der Waals surface area contributed by atoms with Crippen LogP contribution in [0, 0.1) is 11.6 Å². The molecule has 4 rings (SSSR count). The molecule has 2 aromatic rings. The van der Waals surface area contributed by atoms with Gasteiger partial charge in [0.25, 0.3) is 11.8 Å². The summed E-state index contributed by atoms with van der Waals surface area (Å²) in [6.45, 7) is 4.16. The van der Waals surface area contributed by atoms with E-state index in [1.54, 1.807) is 11.5 Å². The topological polar surface area (TPSA) is 71.4 Å². The number of hydrogen-bond acceptors (Lipinski definition) is 3. The number of aromatic nitrogens is 1. The number of halogens is 2. The molecule has 2 unspecified atom stereocenters. The van der Waals surface area contributed by atoms with Crippen molar-refractivity contribution in [3.05, 3.63) is 68.6 Å². The first-order valence-electron chi connectivity index (χ1n) is 10.6. The van der Waals surface area contributed by atoms with Gasteiger partial charge in [-0.3, -0.25) is 14.4 Å². The SMILES string of the molecule is CCc1c2n(cc(C(=O)NCc3ccc(F)cc3F)c1=O)CC1CCCC(C)N1C2=O. The molecule has 3 heterocycles. The molecule has 31 heavy (non-hydrogen) atoms. The summed E-state index contributed by atoms with van der Waals surface area (Å²) in [6.07, 6.45) is 4.62. The number of rotatable bonds is 4. The molecule has 2 amide bonds. The number of carbonyl (C=O) groups excluding carboxylic acids is 2. The van der Waals surface area contributed by atoms with Crippen molar-refractivity contribution in [1.29, 1.82) is 0 Å². The predicted molar refractivity (Wildman–Crippen MR) is 111 cm³/mol. The third-order valence-electron chi connectivity index (χ3n) is 6.30. The third-order valence-corrected chi connectivity index (χ3v) is 6.30. The van der Waals surface area contributed by atoms with Gasteiger partial charge in [0.2, 0.25) is 0 Å². The molecule has 6 nitrogen and oxygen atoms in total. The van der Waals surface area contributed by atoms with E-state index in [1.165, 1.54) is 12.3 Å². The normalized spacial score (nSPS) is 20.3. The van der Waals surface area contributed by atoms with Crippen LogP contribution >= 0.6 is 0 Å². The van der Waals surface area contributed by atoms with Crippen LogP contribution in [0.2, 0.25) is 0 Å². The fourth-order valence-electron chi connectivity index (χ4n) is 4.73. The summed E-state index contributed by atoms with van der Waals surface area (Å²) >= 11 is 0. The molecule has 2 aliphatic heterocycles. The second-order valence-corrected chi connectivity index (χ2v) is 8.27. The summed E-state index contributed by atoms with van der Waals surface area (Å²) in [4.78, 5) is 41.0. The van der Waals surface area contributed by atoms with E-state index in [9.17, 15) is 23.2 Å². The molecule has 1 saturated heterocycles. The number of nitrogens with zero attached hydrogens (tertiary/aromatic N) is 2. The number of carbonyl (C=O) groups is 2. The molecular formula is C23H25F2N3O3. The van der Waals surface area contributed by atoms with E-state index in [2.05, 4.69) is 5.32 Å². The Labute approximate surface area is 178 Å².